The molecule has 0 unspecified atom stereocenters. The Morgan fingerprint density at radius 1 is 1.16 bits per heavy atom. The van der Waals surface area contributed by atoms with Gasteiger partial charge in [-0.1, -0.05) is 12.1 Å². The number of fused-ring (bicyclic) bond motifs is 1. The lowest BCUT2D eigenvalue weighted by atomic mass is 9.97. The maximum absolute atomic E-state index is 9.00. The Morgan fingerprint density at radius 2 is 1.96 bits per heavy atom. The first-order valence-electron chi connectivity index (χ1n) is 8.03. The van der Waals surface area contributed by atoms with Gasteiger partial charge in [-0.15, -0.1) is 0 Å². The van der Waals surface area contributed by atoms with E-state index in [1.165, 1.54) is 5.56 Å². The van der Waals surface area contributed by atoms with Crippen LogP contribution in [0.2, 0.25) is 0 Å². The van der Waals surface area contributed by atoms with Crippen molar-refractivity contribution in [3.8, 4) is 28.5 Å². The molecule has 0 bridgehead atoms. The zero-order valence-corrected chi connectivity index (χ0v) is 13.7. The second-order valence-electron chi connectivity index (χ2n) is 5.99. The van der Waals surface area contributed by atoms with E-state index in [0.717, 1.165) is 46.9 Å². The van der Waals surface area contributed by atoms with E-state index >= 15 is 0 Å². The zero-order valence-electron chi connectivity index (χ0n) is 13.7. The van der Waals surface area contributed by atoms with E-state index in [1.807, 2.05) is 25.3 Å². The van der Waals surface area contributed by atoms with Crippen molar-refractivity contribution in [2.45, 2.75) is 13.3 Å². The number of nitrogen functional groups attached to an aromatic ring is 1. The molecule has 1 aliphatic rings. The summed E-state index contributed by atoms with van der Waals surface area (Å²) in [7, 11) is 0. The van der Waals surface area contributed by atoms with E-state index in [2.05, 4.69) is 32.4 Å². The van der Waals surface area contributed by atoms with Crippen LogP contribution in [0.15, 0.2) is 36.5 Å². The number of nitrogens with two attached hydrogens (primary N) is 1. The number of nitriles is 1. The predicted molar refractivity (Wildman–Crippen MR) is 96.8 cm³/mol. The molecule has 25 heavy (non-hydrogen) atoms. The Labute approximate surface area is 145 Å². The van der Waals surface area contributed by atoms with Gasteiger partial charge in [0, 0.05) is 29.4 Å². The molecule has 3 aromatic rings. The topological polar surface area (TPSA) is 101 Å². The van der Waals surface area contributed by atoms with E-state index in [-0.39, 0.29) is 5.95 Å². The first kappa shape index (κ1) is 15.1. The fraction of sp³-hybridized carbons (Fsp3) is 0.158. The highest BCUT2D eigenvalue weighted by Gasteiger charge is 2.18. The molecule has 6 nitrogen and oxygen atoms in total. The summed E-state index contributed by atoms with van der Waals surface area (Å²) in [5, 5.41) is 12.3. The van der Waals surface area contributed by atoms with Gasteiger partial charge < -0.3 is 11.1 Å². The van der Waals surface area contributed by atoms with Crippen LogP contribution in [0.1, 0.15) is 16.8 Å². The van der Waals surface area contributed by atoms with Crippen LogP contribution in [0.5, 0.6) is 0 Å². The monoisotopic (exact) mass is 328 g/mol. The first-order chi connectivity index (χ1) is 12.2. The Morgan fingerprint density at radius 3 is 2.72 bits per heavy atom. The normalized spacial score (nSPS) is 12.3. The van der Waals surface area contributed by atoms with Crippen LogP contribution in [0.3, 0.4) is 0 Å². The summed E-state index contributed by atoms with van der Waals surface area (Å²) in [4.78, 5) is 13.3. The van der Waals surface area contributed by atoms with E-state index in [0.29, 0.717) is 5.56 Å². The van der Waals surface area contributed by atoms with Gasteiger partial charge in [-0.05, 0) is 37.1 Å². The van der Waals surface area contributed by atoms with Crippen LogP contribution in [0.4, 0.5) is 11.8 Å². The average Bonchev–Trinajstić information content (AvgIpc) is 3.09. The van der Waals surface area contributed by atoms with Gasteiger partial charge in [0.1, 0.15) is 5.82 Å². The summed E-state index contributed by atoms with van der Waals surface area (Å²) in [6.45, 7) is 2.83. The number of anilines is 2. The SMILES string of the molecule is Cc1nc(N)nc(-c2ccc(C#N)cc2)c1-c1cnc2c(c1)CCN2. The van der Waals surface area contributed by atoms with Gasteiger partial charge >= 0.3 is 0 Å². The minimum Gasteiger partial charge on any atom is -0.370 e. The lowest BCUT2D eigenvalue weighted by molar-refractivity contribution is 1.10. The third-order valence-corrected chi connectivity index (χ3v) is 4.34. The van der Waals surface area contributed by atoms with Gasteiger partial charge in [0.25, 0.3) is 0 Å². The summed E-state index contributed by atoms with van der Waals surface area (Å²) in [6, 6.07) is 11.6. The van der Waals surface area contributed by atoms with Gasteiger partial charge in [0.2, 0.25) is 5.95 Å². The van der Waals surface area contributed by atoms with Crippen LogP contribution in [-0.2, 0) is 6.42 Å². The number of nitrogens with zero attached hydrogens (tertiary/aromatic N) is 4. The van der Waals surface area contributed by atoms with Crippen LogP contribution >= 0.6 is 0 Å². The van der Waals surface area contributed by atoms with Crippen molar-refractivity contribution in [2.75, 3.05) is 17.6 Å². The van der Waals surface area contributed by atoms with Crippen molar-refractivity contribution in [3.05, 3.63) is 53.3 Å². The van der Waals surface area contributed by atoms with E-state index in [1.54, 1.807) is 12.1 Å². The van der Waals surface area contributed by atoms with Gasteiger partial charge in [-0.3, -0.25) is 0 Å². The number of hydrogen-bond donors (Lipinski definition) is 2. The molecular formula is C19H16N6. The largest absolute Gasteiger partial charge is 0.370 e. The van der Waals surface area contributed by atoms with Crippen molar-refractivity contribution in [1.29, 1.82) is 5.26 Å². The average molecular weight is 328 g/mol. The van der Waals surface area contributed by atoms with Crippen molar-refractivity contribution in [1.82, 2.24) is 15.0 Å². The molecule has 6 heteroatoms. The summed E-state index contributed by atoms with van der Waals surface area (Å²) in [6.07, 6.45) is 2.80. The molecule has 2 aromatic heterocycles. The van der Waals surface area contributed by atoms with E-state index in [4.69, 9.17) is 11.0 Å². The number of pyridine rings is 1. The number of benzene rings is 1. The summed E-state index contributed by atoms with van der Waals surface area (Å²) in [5.41, 5.74) is 12.0. The number of rotatable bonds is 2. The third kappa shape index (κ3) is 2.66. The molecule has 0 radical (unpaired) electrons. The molecule has 0 saturated heterocycles. The van der Waals surface area contributed by atoms with E-state index < -0.39 is 0 Å². The number of aromatic nitrogens is 3. The lowest BCUT2D eigenvalue weighted by Gasteiger charge is -2.13. The highest BCUT2D eigenvalue weighted by molar-refractivity contribution is 5.83. The Bertz CT molecular complexity index is 1000. The molecule has 4 rings (SSSR count). The molecule has 0 fully saturated rings. The van der Waals surface area contributed by atoms with Crippen molar-refractivity contribution >= 4 is 11.8 Å². The van der Waals surface area contributed by atoms with Crippen LogP contribution < -0.4 is 11.1 Å². The smallest absolute Gasteiger partial charge is 0.220 e. The number of aryl methyl sites for hydroxylation is 1. The molecular weight excluding hydrogens is 312 g/mol. The van der Waals surface area contributed by atoms with E-state index in [9.17, 15) is 0 Å². The maximum atomic E-state index is 9.00. The van der Waals surface area contributed by atoms with Gasteiger partial charge in [0.05, 0.1) is 23.0 Å². The summed E-state index contributed by atoms with van der Waals surface area (Å²) in [5.74, 6) is 1.18. The highest BCUT2D eigenvalue weighted by Crippen LogP contribution is 2.35. The first-order valence-corrected chi connectivity index (χ1v) is 8.03. The van der Waals surface area contributed by atoms with Crippen LogP contribution in [0, 0.1) is 18.3 Å². The summed E-state index contributed by atoms with van der Waals surface area (Å²) < 4.78 is 0. The number of hydrogen-bond acceptors (Lipinski definition) is 6. The van der Waals surface area contributed by atoms with Gasteiger partial charge in [-0.25, -0.2) is 15.0 Å². The Hall–Kier alpha value is -3.46. The fourth-order valence-electron chi connectivity index (χ4n) is 3.16. The van der Waals surface area contributed by atoms with Gasteiger partial charge in [-0.2, -0.15) is 5.26 Å². The van der Waals surface area contributed by atoms with Crippen molar-refractivity contribution < 1.29 is 0 Å². The lowest BCUT2D eigenvalue weighted by Crippen LogP contribution is -2.03. The van der Waals surface area contributed by atoms with Crippen LogP contribution in [0.25, 0.3) is 22.4 Å². The standard InChI is InChI=1S/C19H16N6/c1-11-16(15-8-14-6-7-22-18(14)23-10-15)17(25-19(21)24-11)13-4-2-12(9-20)3-5-13/h2-5,8,10H,6-7H2,1H3,(H,22,23)(H2,21,24,25). The Balaban J connectivity index is 1.91. The molecule has 3 heterocycles. The molecule has 122 valence electrons. The van der Waals surface area contributed by atoms with Crippen molar-refractivity contribution in [3.63, 3.8) is 0 Å². The second-order valence-corrected chi connectivity index (χ2v) is 5.99. The fourth-order valence-corrected chi connectivity index (χ4v) is 3.16. The zero-order chi connectivity index (χ0) is 17.4. The Kier molecular flexibility index (Phi) is 3.55. The summed E-state index contributed by atoms with van der Waals surface area (Å²) >= 11 is 0. The van der Waals surface area contributed by atoms with Crippen LogP contribution in [-0.4, -0.2) is 21.5 Å². The highest BCUT2D eigenvalue weighted by atomic mass is 15.0. The molecule has 0 atom stereocenters. The quantitative estimate of drug-likeness (QED) is 0.750. The molecule has 0 aliphatic carbocycles. The molecule has 0 amide bonds. The molecule has 1 aliphatic heterocycles. The minimum absolute atomic E-state index is 0.233. The molecule has 0 saturated carbocycles. The second kappa shape index (κ2) is 5.87. The molecule has 0 spiro atoms. The predicted octanol–water partition coefficient (Wildman–Crippen LogP) is 2.94. The van der Waals surface area contributed by atoms with Crippen molar-refractivity contribution in [2.24, 2.45) is 0 Å². The van der Waals surface area contributed by atoms with Gasteiger partial charge in [0.15, 0.2) is 0 Å². The molecule has 1 aromatic carbocycles. The minimum atomic E-state index is 0.233. The maximum Gasteiger partial charge on any atom is 0.220 e. The third-order valence-electron chi connectivity index (χ3n) is 4.34. The molecule has 3 N–H and O–H groups in total. The number of nitrogens with one attached hydrogen (secondary N) is 1.